The highest BCUT2D eigenvalue weighted by molar-refractivity contribution is 7.80. The number of nitro groups is 1. The molecular weight excluding hydrogens is 358 g/mol. The zero-order valence-corrected chi connectivity index (χ0v) is 14.7. The van der Waals surface area contributed by atoms with Crippen LogP contribution in [0.2, 0.25) is 0 Å². The van der Waals surface area contributed by atoms with E-state index in [9.17, 15) is 14.9 Å². The molecule has 2 aromatic carbocycles. The quantitative estimate of drug-likeness (QED) is 0.436. The van der Waals surface area contributed by atoms with E-state index in [1.807, 2.05) is 6.92 Å². The van der Waals surface area contributed by atoms with E-state index in [1.165, 1.54) is 24.3 Å². The van der Waals surface area contributed by atoms with Crippen molar-refractivity contribution in [3.63, 3.8) is 0 Å². The molecule has 0 fully saturated rings. The molecule has 0 radical (unpaired) electrons. The van der Waals surface area contributed by atoms with Crippen molar-refractivity contribution in [3.05, 3.63) is 58.6 Å². The second kappa shape index (κ2) is 9.33. The van der Waals surface area contributed by atoms with Gasteiger partial charge in [-0.1, -0.05) is 0 Å². The van der Waals surface area contributed by atoms with Crippen molar-refractivity contribution in [2.24, 2.45) is 0 Å². The standard InChI is InChI=1S/C17H17N3O5S/c1-2-24-14-7-3-12(4-8-14)18-17(26)19-16(21)11-25-15-9-5-13(6-10-15)20(22)23/h3-10H,2,11H2,1H3,(H2,18,19,21,26). The average Bonchev–Trinajstić information content (AvgIpc) is 2.62. The summed E-state index contributed by atoms with van der Waals surface area (Å²) in [5.41, 5.74) is 0.651. The fourth-order valence-corrected chi connectivity index (χ4v) is 2.17. The van der Waals surface area contributed by atoms with Gasteiger partial charge in [-0.3, -0.25) is 20.2 Å². The summed E-state index contributed by atoms with van der Waals surface area (Å²) in [4.78, 5) is 21.9. The Morgan fingerprint density at radius 3 is 2.23 bits per heavy atom. The molecule has 2 rings (SSSR count). The van der Waals surface area contributed by atoms with E-state index in [1.54, 1.807) is 24.3 Å². The summed E-state index contributed by atoms with van der Waals surface area (Å²) in [6.07, 6.45) is 0. The third kappa shape index (κ3) is 6.02. The lowest BCUT2D eigenvalue weighted by Crippen LogP contribution is -2.37. The van der Waals surface area contributed by atoms with Crippen LogP contribution in [0.4, 0.5) is 11.4 Å². The van der Waals surface area contributed by atoms with Gasteiger partial charge < -0.3 is 14.8 Å². The third-order valence-corrected chi connectivity index (χ3v) is 3.30. The molecular formula is C17H17N3O5S. The predicted octanol–water partition coefficient (Wildman–Crippen LogP) is 2.89. The molecule has 0 heterocycles. The molecule has 26 heavy (non-hydrogen) atoms. The van der Waals surface area contributed by atoms with E-state index in [0.717, 1.165) is 5.75 Å². The number of nitro benzene ring substituents is 1. The van der Waals surface area contributed by atoms with Gasteiger partial charge in [0.15, 0.2) is 11.7 Å². The normalized spacial score (nSPS) is 9.88. The largest absolute Gasteiger partial charge is 0.494 e. The van der Waals surface area contributed by atoms with Gasteiger partial charge in [0, 0.05) is 17.8 Å². The van der Waals surface area contributed by atoms with Crippen LogP contribution in [0.25, 0.3) is 0 Å². The number of hydrogen-bond acceptors (Lipinski definition) is 6. The number of benzene rings is 2. The Bertz CT molecular complexity index is 778. The maximum atomic E-state index is 11.8. The third-order valence-electron chi connectivity index (χ3n) is 3.09. The first-order chi connectivity index (χ1) is 12.5. The van der Waals surface area contributed by atoms with Crippen molar-refractivity contribution in [2.45, 2.75) is 6.92 Å². The van der Waals surface area contributed by atoms with Crippen molar-refractivity contribution in [2.75, 3.05) is 18.5 Å². The number of hydrogen-bond donors (Lipinski definition) is 2. The molecule has 1 amide bonds. The summed E-state index contributed by atoms with van der Waals surface area (Å²) in [6, 6.07) is 12.6. The lowest BCUT2D eigenvalue weighted by molar-refractivity contribution is -0.384. The summed E-state index contributed by atoms with van der Waals surface area (Å²) in [6.45, 7) is 2.20. The number of rotatable bonds is 7. The Morgan fingerprint density at radius 2 is 1.65 bits per heavy atom. The number of carbonyl (C=O) groups excluding carboxylic acids is 1. The molecule has 0 saturated heterocycles. The molecule has 0 aliphatic carbocycles. The van der Waals surface area contributed by atoms with Crippen LogP contribution in [-0.2, 0) is 4.79 Å². The zero-order valence-electron chi connectivity index (χ0n) is 13.9. The Labute approximate surface area is 155 Å². The minimum Gasteiger partial charge on any atom is -0.494 e. The summed E-state index contributed by atoms with van der Waals surface area (Å²) in [5, 5.41) is 16.1. The number of non-ortho nitro benzene ring substituents is 1. The number of thiocarbonyl (C=S) groups is 1. The Kier molecular flexibility index (Phi) is 6.86. The summed E-state index contributed by atoms with van der Waals surface area (Å²) < 4.78 is 10.6. The zero-order chi connectivity index (χ0) is 18.9. The van der Waals surface area contributed by atoms with Gasteiger partial charge in [-0.2, -0.15) is 0 Å². The fraction of sp³-hybridized carbons (Fsp3) is 0.176. The van der Waals surface area contributed by atoms with E-state index in [-0.39, 0.29) is 17.4 Å². The van der Waals surface area contributed by atoms with E-state index in [0.29, 0.717) is 18.0 Å². The van der Waals surface area contributed by atoms with Crippen LogP contribution < -0.4 is 20.1 Å². The monoisotopic (exact) mass is 375 g/mol. The number of ether oxygens (including phenoxy) is 2. The first kappa shape index (κ1) is 19.1. The SMILES string of the molecule is CCOc1ccc(NC(=S)NC(=O)COc2ccc([N+](=O)[O-])cc2)cc1. The molecule has 0 bridgehead atoms. The number of nitrogens with one attached hydrogen (secondary N) is 2. The molecule has 0 spiro atoms. The summed E-state index contributed by atoms with van der Waals surface area (Å²) in [7, 11) is 0. The van der Waals surface area contributed by atoms with Gasteiger partial charge in [0.25, 0.3) is 11.6 Å². The number of nitrogens with zero attached hydrogens (tertiary/aromatic N) is 1. The maximum absolute atomic E-state index is 11.8. The summed E-state index contributed by atoms with van der Waals surface area (Å²) in [5.74, 6) is 0.632. The molecule has 136 valence electrons. The van der Waals surface area contributed by atoms with Gasteiger partial charge in [-0.25, -0.2) is 0 Å². The minimum absolute atomic E-state index is 0.0532. The molecule has 0 unspecified atom stereocenters. The van der Waals surface area contributed by atoms with Crippen LogP contribution in [0, 0.1) is 10.1 Å². The number of anilines is 1. The van der Waals surface area contributed by atoms with Crippen molar-refractivity contribution < 1.29 is 19.2 Å². The highest BCUT2D eigenvalue weighted by atomic mass is 32.1. The van der Waals surface area contributed by atoms with E-state index >= 15 is 0 Å². The lowest BCUT2D eigenvalue weighted by atomic mass is 10.3. The van der Waals surface area contributed by atoms with Gasteiger partial charge in [0.1, 0.15) is 11.5 Å². The molecule has 2 N–H and O–H groups in total. The van der Waals surface area contributed by atoms with E-state index < -0.39 is 10.8 Å². The molecule has 0 aliphatic rings. The molecule has 9 heteroatoms. The second-order valence-electron chi connectivity index (χ2n) is 5.00. The molecule has 0 aliphatic heterocycles. The highest BCUT2D eigenvalue weighted by Gasteiger charge is 2.08. The lowest BCUT2D eigenvalue weighted by Gasteiger charge is -2.11. The van der Waals surface area contributed by atoms with Crippen molar-refractivity contribution in [1.29, 1.82) is 0 Å². The Hall–Kier alpha value is -3.20. The van der Waals surface area contributed by atoms with Gasteiger partial charge in [-0.15, -0.1) is 0 Å². The molecule has 8 nitrogen and oxygen atoms in total. The van der Waals surface area contributed by atoms with Gasteiger partial charge in [-0.05, 0) is 55.5 Å². The van der Waals surface area contributed by atoms with Crippen LogP contribution in [-0.4, -0.2) is 29.2 Å². The van der Waals surface area contributed by atoms with Crippen LogP contribution in [0.3, 0.4) is 0 Å². The Balaban J connectivity index is 1.77. The van der Waals surface area contributed by atoms with Crippen LogP contribution in [0.5, 0.6) is 11.5 Å². The van der Waals surface area contributed by atoms with Crippen molar-refractivity contribution >= 4 is 34.6 Å². The minimum atomic E-state index is -0.512. The predicted molar refractivity (Wildman–Crippen MR) is 101 cm³/mol. The Morgan fingerprint density at radius 1 is 1.08 bits per heavy atom. The fourth-order valence-electron chi connectivity index (χ4n) is 1.94. The highest BCUT2D eigenvalue weighted by Crippen LogP contribution is 2.17. The molecule has 0 aromatic heterocycles. The van der Waals surface area contributed by atoms with Gasteiger partial charge >= 0.3 is 0 Å². The summed E-state index contributed by atoms with van der Waals surface area (Å²) >= 11 is 5.07. The number of amides is 1. The maximum Gasteiger partial charge on any atom is 0.269 e. The van der Waals surface area contributed by atoms with Gasteiger partial charge in [0.05, 0.1) is 11.5 Å². The van der Waals surface area contributed by atoms with Crippen LogP contribution >= 0.6 is 12.2 Å². The van der Waals surface area contributed by atoms with E-state index in [2.05, 4.69) is 10.6 Å². The molecule has 0 saturated carbocycles. The van der Waals surface area contributed by atoms with Crippen molar-refractivity contribution in [1.82, 2.24) is 5.32 Å². The first-order valence-electron chi connectivity index (χ1n) is 7.69. The van der Waals surface area contributed by atoms with Gasteiger partial charge in [0.2, 0.25) is 0 Å². The smallest absolute Gasteiger partial charge is 0.269 e. The molecule has 2 aromatic rings. The second-order valence-corrected chi connectivity index (χ2v) is 5.41. The number of carbonyl (C=O) groups is 1. The van der Waals surface area contributed by atoms with Crippen molar-refractivity contribution in [3.8, 4) is 11.5 Å². The average molecular weight is 375 g/mol. The van der Waals surface area contributed by atoms with Crippen LogP contribution in [0.15, 0.2) is 48.5 Å². The first-order valence-corrected chi connectivity index (χ1v) is 8.09. The van der Waals surface area contributed by atoms with Crippen LogP contribution in [0.1, 0.15) is 6.92 Å². The van der Waals surface area contributed by atoms with E-state index in [4.69, 9.17) is 21.7 Å². The topological polar surface area (TPSA) is 103 Å². The molecule has 0 atom stereocenters.